The lowest BCUT2D eigenvalue weighted by molar-refractivity contribution is -0.145. The number of benzene rings is 1. The van der Waals surface area contributed by atoms with Gasteiger partial charge in [-0.2, -0.15) is 0 Å². The summed E-state index contributed by atoms with van der Waals surface area (Å²) in [6, 6.07) is 12.3. The molecule has 4 nitrogen and oxygen atoms in total. The van der Waals surface area contributed by atoms with Crippen molar-refractivity contribution in [1.29, 1.82) is 0 Å². The van der Waals surface area contributed by atoms with Crippen molar-refractivity contribution in [1.82, 2.24) is 5.32 Å². The van der Waals surface area contributed by atoms with Gasteiger partial charge < -0.3 is 10.1 Å². The topological polar surface area (TPSA) is 55.4 Å². The van der Waals surface area contributed by atoms with E-state index in [1.807, 2.05) is 35.7 Å². The van der Waals surface area contributed by atoms with Crippen LogP contribution in [-0.4, -0.2) is 19.0 Å². The third-order valence-corrected chi connectivity index (χ3v) is 3.99. The van der Waals surface area contributed by atoms with Crippen LogP contribution in [0.2, 0.25) is 0 Å². The lowest BCUT2D eigenvalue weighted by atomic mass is 10.1. The fraction of sp³-hybridized carbons (Fsp3) is 0.250. The molecule has 1 N–H and O–H groups in total. The lowest BCUT2D eigenvalue weighted by Gasteiger charge is -2.16. The Hall–Kier alpha value is -2.14. The zero-order valence-corrected chi connectivity index (χ0v) is 12.6. The van der Waals surface area contributed by atoms with E-state index < -0.39 is 12.0 Å². The standard InChI is InChI=1S/C16H17NO3S/c1-20-16(19)15(12-6-3-2-4-7-12)17-14(18)10-9-13-8-5-11-21-13/h2-8,11,15H,9-10H2,1H3,(H,17,18). The number of thiophene rings is 1. The molecule has 1 unspecified atom stereocenters. The molecule has 110 valence electrons. The van der Waals surface area contributed by atoms with Crippen molar-refractivity contribution >= 4 is 23.2 Å². The summed E-state index contributed by atoms with van der Waals surface area (Å²) in [6.45, 7) is 0. The summed E-state index contributed by atoms with van der Waals surface area (Å²) in [5, 5.41) is 4.72. The first-order valence-corrected chi connectivity index (χ1v) is 7.53. The summed E-state index contributed by atoms with van der Waals surface area (Å²) < 4.78 is 4.77. The van der Waals surface area contributed by atoms with Gasteiger partial charge >= 0.3 is 5.97 Å². The first kappa shape index (κ1) is 15.3. The average molecular weight is 303 g/mol. The highest BCUT2D eigenvalue weighted by molar-refractivity contribution is 7.09. The lowest BCUT2D eigenvalue weighted by Crippen LogP contribution is -2.34. The van der Waals surface area contributed by atoms with Crippen LogP contribution in [0, 0.1) is 0 Å². The molecule has 0 aliphatic rings. The van der Waals surface area contributed by atoms with E-state index in [-0.39, 0.29) is 5.91 Å². The molecule has 0 fully saturated rings. The van der Waals surface area contributed by atoms with E-state index in [9.17, 15) is 9.59 Å². The van der Waals surface area contributed by atoms with Crippen LogP contribution in [0.5, 0.6) is 0 Å². The molecule has 2 aromatic rings. The van der Waals surface area contributed by atoms with Gasteiger partial charge in [-0.25, -0.2) is 4.79 Å². The number of esters is 1. The molecule has 0 spiro atoms. The zero-order chi connectivity index (χ0) is 15.1. The molecule has 1 aromatic carbocycles. The minimum Gasteiger partial charge on any atom is -0.467 e. The molecule has 2 rings (SSSR count). The summed E-state index contributed by atoms with van der Waals surface area (Å²) in [5.41, 5.74) is 0.717. The van der Waals surface area contributed by atoms with Crippen molar-refractivity contribution in [2.45, 2.75) is 18.9 Å². The molecule has 1 aromatic heterocycles. The number of rotatable bonds is 6. The number of hydrogen-bond acceptors (Lipinski definition) is 4. The Morgan fingerprint density at radius 3 is 2.57 bits per heavy atom. The number of aryl methyl sites for hydroxylation is 1. The third kappa shape index (κ3) is 4.43. The van der Waals surface area contributed by atoms with E-state index >= 15 is 0 Å². The van der Waals surface area contributed by atoms with Crippen LogP contribution in [0.15, 0.2) is 47.8 Å². The minimum atomic E-state index is -0.757. The monoisotopic (exact) mass is 303 g/mol. The molecule has 0 aliphatic carbocycles. The van der Waals surface area contributed by atoms with Crippen LogP contribution in [-0.2, 0) is 20.7 Å². The smallest absolute Gasteiger partial charge is 0.333 e. The predicted octanol–water partition coefficient (Wildman–Crippen LogP) is 2.71. The van der Waals surface area contributed by atoms with E-state index in [4.69, 9.17) is 4.74 Å². The molecule has 0 bridgehead atoms. The van der Waals surface area contributed by atoms with Crippen molar-refractivity contribution < 1.29 is 14.3 Å². The van der Waals surface area contributed by atoms with Crippen LogP contribution < -0.4 is 5.32 Å². The first-order valence-electron chi connectivity index (χ1n) is 6.65. The average Bonchev–Trinajstić information content (AvgIpc) is 3.04. The van der Waals surface area contributed by atoms with Gasteiger partial charge in [0, 0.05) is 11.3 Å². The number of nitrogens with one attached hydrogen (secondary N) is 1. The van der Waals surface area contributed by atoms with E-state index in [2.05, 4.69) is 5.32 Å². The molecule has 0 aliphatic heterocycles. The normalized spacial score (nSPS) is 11.7. The van der Waals surface area contributed by atoms with E-state index in [1.54, 1.807) is 23.5 Å². The van der Waals surface area contributed by atoms with Gasteiger partial charge in [-0.1, -0.05) is 36.4 Å². The number of amides is 1. The van der Waals surface area contributed by atoms with Crippen LogP contribution in [0.1, 0.15) is 22.9 Å². The zero-order valence-electron chi connectivity index (χ0n) is 11.7. The van der Waals surface area contributed by atoms with E-state index in [0.717, 1.165) is 4.88 Å². The van der Waals surface area contributed by atoms with E-state index in [1.165, 1.54) is 7.11 Å². The third-order valence-electron chi connectivity index (χ3n) is 3.05. The Kier molecular flexibility index (Phi) is 5.51. The summed E-state index contributed by atoms with van der Waals surface area (Å²) in [5.74, 6) is -0.631. The van der Waals surface area contributed by atoms with Gasteiger partial charge in [0.2, 0.25) is 5.91 Å². The van der Waals surface area contributed by atoms with Gasteiger partial charge in [-0.15, -0.1) is 11.3 Å². The SMILES string of the molecule is COC(=O)C(NC(=O)CCc1cccs1)c1ccccc1. The quantitative estimate of drug-likeness (QED) is 0.835. The highest BCUT2D eigenvalue weighted by Crippen LogP contribution is 2.15. The molecule has 1 amide bonds. The van der Waals surface area contributed by atoms with Crippen molar-refractivity contribution in [3.63, 3.8) is 0 Å². The Balaban J connectivity index is 1.98. The maximum atomic E-state index is 12.0. The minimum absolute atomic E-state index is 0.164. The predicted molar refractivity (Wildman–Crippen MR) is 82.0 cm³/mol. The number of ether oxygens (including phenoxy) is 1. The van der Waals surface area contributed by atoms with Crippen molar-refractivity contribution in [3.05, 3.63) is 58.3 Å². The first-order chi connectivity index (χ1) is 10.2. The molecular weight excluding hydrogens is 286 g/mol. The molecule has 0 radical (unpaired) electrons. The highest BCUT2D eigenvalue weighted by Gasteiger charge is 2.23. The van der Waals surface area contributed by atoms with Crippen molar-refractivity contribution in [2.24, 2.45) is 0 Å². The Morgan fingerprint density at radius 1 is 1.19 bits per heavy atom. The van der Waals surface area contributed by atoms with Gasteiger partial charge in [0.15, 0.2) is 6.04 Å². The molecule has 5 heteroatoms. The molecule has 1 heterocycles. The number of carbonyl (C=O) groups excluding carboxylic acids is 2. The van der Waals surface area contributed by atoms with Crippen LogP contribution in [0.4, 0.5) is 0 Å². The van der Waals surface area contributed by atoms with Crippen LogP contribution >= 0.6 is 11.3 Å². The second kappa shape index (κ2) is 7.59. The van der Waals surface area contributed by atoms with Crippen molar-refractivity contribution in [3.8, 4) is 0 Å². The fourth-order valence-electron chi connectivity index (χ4n) is 1.97. The Bertz CT molecular complexity index is 581. The molecular formula is C16H17NO3S. The largest absolute Gasteiger partial charge is 0.467 e. The maximum Gasteiger partial charge on any atom is 0.333 e. The summed E-state index contributed by atoms with van der Waals surface area (Å²) in [7, 11) is 1.32. The summed E-state index contributed by atoms with van der Waals surface area (Å²) in [6.07, 6.45) is 1.02. The van der Waals surface area contributed by atoms with Crippen LogP contribution in [0.25, 0.3) is 0 Å². The van der Waals surface area contributed by atoms with Gasteiger partial charge in [-0.3, -0.25) is 4.79 Å². The highest BCUT2D eigenvalue weighted by atomic mass is 32.1. The number of methoxy groups -OCH3 is 1. The van der Waals surface area contributed by atoms with Gasteiger partial charge in [0.05, 0.1) is 7.11 Å². The molecule has 0 saturated heterocycles. The van der Waals surface area contributed by atoms with Crippen LogP contribution in [0.3, 0.4) is 0 Å². The Labute approximate surface area is 127 Å². The molecule has 1 atom stereocenters. The van der Waals surface area contributed by atoms with Crippen molar-refractivity contribution in [2.75, 3.05) is 7.11 Å². The maximum absolute atomic E-state index is 12.0. The second-order valence-corrected chi connectivity index (χ2v) is 5.55. The second-order valence-electron chi connectivity index (χ2n) is 4.51. The summed E-state index contributed by atoms with van der Waals surface area (Å²) in [4.78, 5) is 25.0. The van der Waals surface area contributed by atoms with E-state index in [0.29, 0.717) is 18.4 Å². The molecule has 0 saturated carbocycles. The number of hydrogen-bond donors (Lipinski definition) is 1. The summed E-state index contributed by atoms with van der Waals surface area (Å²) >= 11 is 1.62. The molecule has 21 heavy (non-hydrogen) atoms. The number of carbonyl (C=O) groups is 2. The van der Waals surface area contributed by atoms with Gasteiger partial charge in [-0.05, 0) is 23.4 Å². The fourth-order valence-corrected chi connectivity index (χ4v) is 2.68. The Morgan fingerprint density at radius 2 is 1.95 bits per heavy atom. The van der Waals surface area contributed by atoms with Gasteiger partial charge in [0.1, 0.15) is 0 Å². The van der Waals surface area contributed by atoms with Gasteiger partial charge in [0.25, 0.3) is 0 Å².